The second-order valence-corrected chi connectivity index (χ2v) is 7.16. The minimum absolute atomic E-state index is 0.0539. The molecule has 2 rings (SSSR count). The van der Waals surface area contributed by atoms with Crippen molar-refractivity contribution in [3.63, 3.8) is 0 Å². The van der Waals surface area contributed by atoms with Crippen molar-refractivity contribution in [2.45, 2.75) is 58.6 Å². The molecular formula is C22H29N5O3. The highest BCUT2D eigenvalue weighted by Crippen LogP contribution is 2.28. The minimum Gasteiger partial charge on any atom is -0.492 e. The first-order valence-corrected chi connectivity index (χ1v) is 10.1. The number of amides is 1. The van der Waals surface area contributed by atoms with Crippen molar-refractivity contribution in [3.05, 3.63) is 35.7 Å². The predicted molar refractivity (Wildman–Crippen MR) is 115 cm³/mol. The Kier molecular flexibility index (Phi) is 9.01. The van der Waals surface area contributed by atoms with Crippen LogP contribution in [0.4, 0.5) is 0 Å². The number of nitrogens with one attached hydrogen (secondary N) is 1. The van der Waals surface area contributed by atoms with Crippen LogP contribution in [-0.4, -0.2) is 37.4 Å². The minimum atomic E-state index is -0.275. The van der Waals surface area contributed by atoms with Crippen molar-refractivity contribution in [1.82, 2.24) is 5.32 Å². The topological polar surface area (TPSA) is 108 Å². The van der Waals surface area contributed by atoms with Gasteiger partial charge in [0.15, 0.2) is 5.70 Å². The van der Waals surface area contributed by atoms with Crippen LogP contribution in [0, 0.1) is 11.3 Å². The summed E-state index contributed by atoms with van der Waals surface area (Å²) in [7, 11) is 1.52. The third kappa shape index (κ3) is 6.99. The van der Waals surface area contributed by atoms with Gasteiger partial charge in [-0.2, -0.15) is 10.4 Å². The van der Waals surface area contributed by atoms with Crippen LogP contribution < -0.4 is 14.8 Å². The highest BCUT2D eigenvalue weighted by Gasteiger charge is 2.25. The van der Waals surface area contributed by atoms with Gasteiger partial charge in [0.05, 0.1) is 24.5 Å². The summed E-state index contributed by atoms with van der Waals surface area (Å²) < 4.78 is 11.6. The molecule has 30 heavy (non-hydrogen) atoms. The molecule has 0 radical (unpaired) electrons. The Balaban J connectivity index is 1.91. The molecule has 1 aromatic carbocycles. The molecule has 0 unspecified atom stereocenters. The van der Waals surface area contributed by atoms with Crippen LogP contribution in [0.5, 0.6) is 11.5 Å². The van der Waals surface area contributed by atoms with Gasteiger partial charge < -0.3 is 14.8 Å². The van der Waals surface area contributed by atoms with Crippen molar-refractivity contribution >= 4 is 11.6 Å². The third-order valence-electron chi connectivity index (χ3n) is 4.57. The lowest BCUT2D eigenvalue weighted by Gasteiger charge is -2.29. The van der Waals surface area contributed by atoms with Gasteiger partial charge >= 0.3 is 0 Å². The summed E-state index contributed by atoms with van der Waals surface area (Å²) in [6.07, 6.45) is 4.73. The first kappa shape index (κ1) is 23.1. The lowest BCUT2D eigenvalue weighted by Crippen LogP contribution is -2.40. The standard InChI is InChI=1S/C22H29N5O3/c1-5-29-21-12-19(9-6-16(21)13-23)30-18-10-7-17(8-11-18)26-22(28)20(27-24-4)14-25-15(2)3/h6,9,12,14,17-18H,5,7-8,10-11H2,1-4H3,(H,26,28)/b20-14-,27-24-/t17-,18-. The summed E-state index contributed by atoms with van der Waals surface area (Å²) in [6, 6.07) is 7.44. The van der Waals surface area contributed by atoms with E-state index >= 15 is 0 Å². The zero-order valence-electron chi connectivity index (χ0n) is 18.0. The number of aliphatic imine (C=N–C) groups is 1. The number of nitriles is 1. The quantitative estimate of drug-likeness (QED) is 0.393. The highest BCUT2D eigenvalue weighted by molar-refractivity contribution is 5.93. The maximum Gasteiger partial charge on any atom is 0.273 e. The van der Waals surface area contributed by atoms with E-state index < -0.39 is 0 Å². The van der Waals surface area contributed by atoms with Crippen molar-refractivity contribution < 1.29 is 14.3 Å². The van der Waals surface area contributed by atoms with E-state index in [-0.39, 0.29) is 23.8 Å². The summed E-state index contributed by atoms with van der Waals surface area (Å²) >= 11 is 0. The van der Waals surface area contributed by atoms with Crippen LogP contribution >= 0.6 is 0 Å². The number of carbonyl (C=O) groups is 1. The number of carbonyl (C=O) groups excluding carboxylic acids is 1. The monoisotopic (exact) mass is 411 g/mol. The SMILES string of the molecule is CCOc1cc(O[C@H]2CC[C@H](NC(=O)C(=C/N=C(C)C)/N=N\C)CC2)ccc1C#N. The van der Waals surface area contributed by atoms with Crippen LogP contribution in [0.3, 0.4) is 0 Å². The lowest BCUT2D eigenvalue weighted by molar-refractivity contribution is -0.118. The van der Waals surface area contributed by atoms with Crippen LogP contribution in [0.1, 0.15) is 52.0 Å². The number of azo groups is 1. The fourth-order valence-corrected chi connectivity index (χ4v) is 3.15. The molecule has 1 amide bonds. The molecule has 0 aliphatic heterocycles. The number of hydrogen-bond acceptors (Lipinski definition) is 7. The summed E-state index contributed by atoms with van der Waals surface area (Å²) in [5, 5.41) is 19.7. The van der Waals surface area contributed by atoms with Gasteiger partial charge in [0, 0.05) is 24.9 Å². The molecule has 1 aliphatic carbocycles. The Morgan fingerprint density at radius 3 is 2.63 bits per heavy atom. The molecule has 0 bridgehead atoms. The van der Waals surface area contributed by atoms with Gasteiger partial charge in [-0.15, -0.1) is 5.11 Å². The second-order valence-electron chi connectivity index (χ2n) is 7.16. The lowest BCUT2D eigenvalue weighted by atomic mass is 9.93. The van der Waals surface area contributed by atoms with Crippen molar-refractivity contribution in [2.75, 3.05) is 13.7 Å². The fraction of sp³-hybridized carbons (Fsp3) is 0.500. The average molecular weight is 412 g/mol. The molecule has 160 valence electrons. The third-order valence-corrected chi connectivity index (χ3v) is 4.57. The number of benzene rings is 1. The van der Waals surface area contributed by atoms with Gasteiger partial charge in [-0.05, 0) is 58.6 Å². The molecule has 8 heteroatoms. The van der Waals surface area contributed by atoms with E-state index in [1.165, 1.54) is 13.2 Å². The molecule has 1 saturated carbocycles. The number of rotatable bonds is 8. The maximum atomic E-state index is 12.5. The molecule has 1 N–H and O–H groups in total. The Hall–Kier alpha value is -3.21. The average Bonchev–Trinajstić information content (AvgIpc) is 2.73. The van der Waals surface area contributed by atoms with Gasteiger partial charge in [0.2, 0.25) is 0 Å². The van der Waals surface area contributed by atoms with E-state index in [4.69, 9.17) is 14.7 Å². The largest absolute Gasteiger partial charge is 0.492 e. The number of nitrogens with zero attached hydrogens (tertiary/aromatic N) is 4. The summed E-state index contributed by atoms with van der Waals surface area (Å²) in [5.41, 5.74) is 1.52. The first-order valence-electron chi connectivity index (χ1n) is 10.1. The predicted octanol–water partition coefficient (Wildman–Crippen LogP) is 4.17. The second kappa shape index (κ2) is 11.7. The first-order chi connectivity index (χ1) is 14.5. The molecule has 0 aromatic heterocycles. The Morgan fingerprint density at radius 1 is 1.30 bits per heavy atom. The van der Waals surface area contributed by atoms with Gasteiger partial charge in [-0.1, -0.05) is 0 Å². The zero-order chi connectivity index (χ0) is 21.9. The number of ether oxygens (including phenoxy) is 2. The number of hydrogen-bond donors (Lipinski definition) is 1. The summed E-state index contributed by atoms with van der Waals surface area (Å²) in [4.78, 5) is 16.6. The van der Waals surface area contributed by atoms with Gasteiger partial charge in [0.1, 0.15) is 17.6 Å². The Morgan fingerprint density at radius 2 is 2.03 bits per heavy atom. The van der Waals surface area contributed by atoms with Crippen LogP contribution in [0.25, 0.3) is 0 Å². The molecule has 1 aliphatic rings. The Bertz CT molecular complexity index is 858. The molecule has 0 spiro atoms. The smallest absolute Gasteiger partial charge is 0.273 e. The van der Waals surface area contributed by atoms with Gasteiger partial charge in [-0.25, -0.2) is 0 Å². The molecule has 1 aromatic rings. The van der Waals surface area contributed by atoms with Crippen LogP contribution in [-0.2, 0) is 4.79 Å². The van der Waals surface area contributed by atoms with E-state index in [2.05, 4.69) is 26.6 Å². The van der Waals surface area contributed by atoms with E-state index in [1.807, 2.05) is 20.8 Å². The van der Waals surface area contributed by atoms with Crippen molar-refractivity contribution in [3.8, 4) is 17.6 Å². The zero-order valence-corrected chi connectivity index (χ0v) is 18.0. The normalized spacial score (nSPS) is 19.1. The van der Waals surface area contributed by atoms with E-state index in [1.54, 1.807) is 18.2 Å². The Labute approximate surface area is 177 Å². The van der Waals surface area contributed by atoms with E-state index in [0.29, 0.717) is 23.7 Å². The van der Waals surface area contributed by atoms with Gasteiger partial charge in [-0.3, -0.25) is 9.79 Å². The van der Waals surface area contributed by atoms with Gasteiger partial charge in [0.25, 0.3) is 5.91 Å². The van der Waals surface area contributed by atoms with Crippen LogP contribution in [0.15, 0.2) is 45.3 Å². The molecule has 0 heterocycles. The fourth-order valence-electron chi connectivity index (χ4n) is 3.15. The summed E-state index contributed by atoms with van der Waals surface area (Å²) in [6.45, 7) is 6.06. The van der Waals surface area contributed by atoms with Crippen molar-refractivity contribution in [2.24, 2.45) is 15.2 Å². The summed E-state index contributed by atoms with van der Waals surface area (Å²) in [5.74, 6) is 0.947. The molecule has 1 fully saturated rings. The molecular weight excluding hydrogens is 382 g/mol. The van der Waals surface area contributed by atoms with Crippen LogP contribution in [0.2, 0.25) is 0 Å². The molecule has 8 nitrogen and oxygen atoms in total. The molecule has 0 saturated heterocycles. The van der Waals surface area contributed by atoms with E-state index in [0.717, 1.165) is 31.4 Å². The highest BCUT2D eigenvalue weighted by atomic mass is 16.5. The van der Waals surface area contributed by atoms with E-state index in [9.17, 15) is 4.79 Å². The van der Waals surface area contributed by atoms with Crippen molar-refractivity contribution in [1.29, 1.82) is 5.26 Å². The maximum absolute atomic E-state index is 12.5. The molecule has 0 atom stereocenters.